The summed E-state index contributed by atoms with van der Waals surface area (Å²) in [6.45, 7) is 6.24. The second-order valence-corrected chi connectivity index (χ2v) is 5.86. The molecule has 21 heavy (non-hydrogen) atoms. The number of aryl methyl sites for hydroxylation is 2. The quantitative estimate of drug-likeness (QED) is 0.841. The van der Waals surface area contributed by atoms with Crippen molar-refractivity contribution in [3.63, 3.8) is 0 Å². The summed E-state index contributed by atoms with van der Waals surface area (Å²) in [6.07, 6.45) is 1.69. The fourth-order valence-corrected chi connectivity index (χ4v) is 2.38. The van der Waals surface area contributed by atoms with E-state index in [1.54, 1.807) is 0 Å². The van der Waals surface area contributed by atoms with Gasteiger partial charge in [-0.05, 0) is 61.6 Å². The van der Waals surface area contributed by atoms with E-state index in [1.165, 1.54) is 11.1 Å². The predicted molar refractivity (Wildman–Crippen MR) is 89.4 cm³/mol. The smallest absolute Gasteiger partial charge is 0.149 e. The van der Waals surface area contributed by atoms with Crippen molar-refractivity contribution in [2.24, 2.45) is 5.73 Å². The van der Waals surface area contributed by atoms with Crippen molar-refractivity contribution in [1.29, 1.82) is 0 Å². The highest BCUT2D eigenvalue weighted by molar-refractivity contribution is 6.32. The minimum absolute atomic E-state index is 0.116. The molecule has 2 aromatic rings. The highest BCUT2D eigenvalue weighted by Crippen LogP contribution is 2.34. The Morgan fingerprint density at radius 3 is 2.57 bits per heavy atom. The number of rotatable bonds is 5. The second kappa shape index (κ2) is 6.97. The van der Waals surface area contributed by atoms with E-state index >= 15 is 0 Å². The molecule has 2 aromatic carbocycles. The van der Waals surface area contributed by atoms with Crippen molar-refractivity contribution < 1.29 is 4.74 Å². The van der Waals surface area contributed by atoms with Gasteiger partial charge in [-0.3, -0.25) is 0 Å². The number of hydrogen-bond acceptors (Lipinski definition) is 2. The molecule has 3 heteroatoms. The van der Waals surface area contributed by atoms with Crippen LogP contribution >= 0.6 is 11.6 Å². The Kier molecular flexibility index (Phi) is 5.27. The lowest BCUT2D eigenvalue weighted by atomic mass is 10.0. The summed E-state index contributed by atoms with van der Waals surface area (Å²) in [6, 6.07) is 12.0. The first-order valence-corrected chi connectivity index (χ1v) is 7.67. The van der Waals surface area contributed by atoms with Gasteiger partial charge in [-0.15, -0.1) is 0 Å². The van der Waals surface area contributed by atoms with Crippen LogP contribution in [0.1, 0.15) is 30.0 Å². The van der Waals surface area contributed by atoms with Crippen molar-refractivity contribution in [2.45, 2.75) is 39.7 Å². The third-order valence-corrected chi connectivity index (χ3v) is 4.05. The first-order valence-electron chi connectivity index (χ1n) is 7.29. The molecule has 0 radical (unpaired) electrons. The Morgan fingerprint density at radius 1 is 1.14 bits per heavy atom. The zero-order valence-electron chi connectivity index (χ0n) is 12.8. The molecule has 0 heterocycles. The lowest BCUT2D eigenvalue weighted by molar-refractivity contribution is 0.472. The van der Waals surface area contributed by atoms with Crippen LogP contribution in [0.15, 0.2) is 36.4 Å². The molecule has 0 bridgehead atoms. The van der Waals surface area contributed by atoms with Crippen LogP contribution in [0.2, 0.25) is 5.02 Å². The third kappa shape index (κ3) is 3.99. The van der Waals surface area contributed by atoms with Gasteiger partial charge in [0.25, 0.3) is 0 Å². The third-order valence-electron chi connectivity index (χ3n) is 3.75. The lowest BCUT2D eigenvalue weighted by Gasteiger charge is -2.16. The molecule has 1 atom stereocenters. The van der Waals surface area contributed by atoms with Crippen LogP contribution in [0.25, 0.3) is 0 Å². The molecule has 0 amide bonds. The van der Waals surface area contributed by atoms with Crippen LogP contribution in [0.5, 0.6) is 11.5 Å². The van der Waals surface area contributed by atoms with E-state index in [1.807, 2.05) is 30.3 Å². The van der Waals surface area contributed by atoms with Crippen molar-refractivity contribution >= 4 is 11.6 Å². The van der Waals surface area contributed by atoms with Gasteiger partial charge in [0.05, 0.1) is 5.02 Å². The first-order chi connectivity index (χ1) is 10.0. The lowest BCUT2D eigenvalue weighted by Crippen LogP contribution is -2.21. The molecular weight excluding hydrogens is 282 g/mol. The maximum Gasteiger partial charge on any atom is 0.149 e. The zero-order valence-corrected chi connectivity index (χ0v) is 13.6. The SMILES string of the molecule is CCC(N)Cc1cccc(Cl)c1Oc1ccc(C)c(C)c1. The molecule has 2 nitrogen and oxygen atoms in total. The molecule has 112 valence electrons. The molecule has 0 aliphatic carbocycles. The standard InChI is InChI=1S/C18H22ClNO/c1-4-15(20)11-14-6-5-7-17(19)18(14)21-16-9-8-12(2)13(3)10-16/h5-10,15H,4,11,20H2,1-3H3. The van der Waals surface area contributed by atoms with E-state index in [9.17, 15) is 0 Å². The van der Waals surface area contributed by atoms with Gasteiger partial charge in [0, 0.05) is 6.04 Å². The summed E-state index contributed by atoms with van der Waals surface area (Å²) in [7, 11) is 0. The maximum atomic E-state index is 6.31. The Balaban J connectivity index is 2.31. The van der Waals surface area contributed by atoms with Crippen LogP contribution in [-0.2, 0) is 6.42 Å². The van der Waals surface area contributed by atoms with Crippen LogP contribution in [0, 0.1) is 13.8 Å². The van der Waals surface area contributed by atoms with Gasteiger partial charge >= 0.3 is 0 Å². The number of ether oxygens (including phenoxy) is 1. The Labute approximate surface area is 131 Å². The fraction of sp³-hybridized carbons (Fsp3) is 0.333. The van der Waals surface area contributed by atoms with Gasteiger partial charge < -0.3 is 10.5 Å². The van der Waals surface area contributed by atoms with Gasteiger partial charge in [-0.1, -0.05) is 36.7 Å². The summed E-state index contributed by atoms with van der Waals surface area (Å²) < 4.78 is 6.03. The summed E-state index contributed by atoms with van der Waals surface area (Å²) >= 11 is 6.31. The average molecular weight is 304 g/mol. The van der Waals surface area contributed by atoms with Crippen LogP contribution < -0.4 is 10.5 Å². The molecule has 0 saturated heterocycles. The van der Waals surface area contributed by atoms with Crippen molar-refractivity contribution in [3.8, 4) is 11.5 Å². The van der Waals surface area contributed by atoms with Gasteiger partial charge in [-0.25, -0.2) is 0 Å². The number of nitrogens with two attached hydrogens (primary N) is 1. The fourth-order valence-electron chi connectivity index (χ4n) is 2.15. The van der Waals surface area contributed by atoms with E-state index in [2.05, 4.69) is 26.8 Å². The van der Waals surface area contributed by atoms with Crippen LogP contribution in [-0.4, -0.2) is 6.04 Å². The van der Waals surface area contributed by atoms with E-state index in [0.717, 1.165) is 24.2 Å². The molecule has 2 N–H and O–H groups in total. The highest BCUT2D eigenvalue weighted by Gasteiger charge is 2.12. The number of para-hydroxylation sites is 1. The van der Waals surface area contributed by atoms with Crippen LogP contribution in [0.3, 0.4) is 0 Å². The highest BCUT2D eigenvalue weighted by atomic mass is 35.5. The molecule has 2 rings (SSSR count). The van der Waals surface area contributed by atoms with Crippen molar-refractivity contribution in [1.82, 2.24) is 0 Å². The Morgan fingerprint density at radius 2 is 1.90 bits per heavy atom. The molecular formula is C18H22ClNO. The monoisotopic (exact) mass is 303 g/mol. The van der Waals surface area contributed by atoms with Crippen molar-refractivity contribution in [3.05, 3.63) is 58.1 Å². The number of halogens is 1. The Hall–Kier alpha value is -1.51. The van der Waals surface area contributed by atoms with Crippen LogP contribution in [0.4, 0.5) is 0 Å². The van der Waals surface area contributed by atoms with Crippen molar-refractivity contribution in [2.75, 3.05) is 0 Å². The molecule has 0 spiro atoms. The first kappa shape index (κ1) is 15.9. The summed E-state index contributed by atoms with van der Waals surface area (Å²) in [5, 5.41) is 0.619. The summed E-state index contributed by atoms with van der Waals surface area (Å²) in [5.74, 6) is 1.52. The van der Waals surface area contributed by atoms with Gasteiger partial charge in [-0.2, -0.15) is 0 Å². The average Bonchev–Trinajstić information content (AvgIpc) is 2.46. The minimum atomic E-state index is 0.116. The second-order valence-electron chi connectivity index (χ2n) is 5.45. The van der Waals surface area contributed by atoms with E-state index in [4.69, 9.17) is 22.1 Å². The normalized spacial score (nSPS) is 12.2. The molecule has 0 fully saturated rings. The Bertz CT molecular complexity index is 625. The molecule has 0 aliphatic rings. The molecule has 0 aromatic heterocycles. The predicted octanol–water partition coefficient (Wildman–Crippen LogP) is 5.03. The molecule has 0 aliphatic heterocycles. The summed E-state index contributed by atoms with van der Waals surface area (Å²) in [4.78, 5) is 0. The van der Waals surface area contributed by atoms with Gasteiger partial charge in [0.15, 0.2) is 0 Å². The largest absolute Gasteiger partial charge is 0.456 e. The van der Waals surface area contributed by atoms with E-state index < -0.39 is 0 Å². The van der Waals surface area contributed by atoms with Gasteiger partial charge in [0.1, 0.15) is 11.5 Å². The summed E-state index contributed by atoms with van der Waals surface area (Å²) in [5.41, 5.74) is 9.56. The topological polar surface area (TPSA) is 35.2 Å². The van der Waals surface area contributed by atoms with Gasteiger partial charge in [0.2, 0.25) is 0 Å². The zero-order chi connectivity index (χ0) is 15.4. The van der Waals surface area contributed by atoms with E-state index in [-0.39, 0.29) is 6.04 Å². The maximum absolute atomic E-state index is 6.31. The molecule has 0 saturated carbocycles. The molecule has 1 unspecified atom stereocenters. The minimum Gasteiger partial charge on any atom is -0.456 e. The number of benzene rings is 2. The van der Waals surface area contributed by atoms with E-state index in [0.29, 0.717) is 10.8 Å². The number of hydrogen-bond donors (Lipinski definition) is 1.